The fourth-order valence-corrected chi connectivity index (χ4v) is 4.09. The molecule has 1 aromatic carbocycles. The summed E-state index contributed by atoms with van der Waals surface area (Å²) >= 11 is 5.09. The third kappa shape index (κ3) is 5.09. The Morgan fingerprint density at radius 1 is 1.32 bits per heavy atom. The average Bonchev–Trinajstić information content (AvgIpc) is 2.41. The number of halogens is 2. The van der Waals surface area contributed by atoms with Gasteiger partial charge in [0.25, 0.3) is 0 Å². The number of rotatable bonds is 5. The van der Waals surface area contributed by atoms with Crippen LogP contribution in [0, 0.1) is 5.82 Å². The van der Waals surface area contributed by atoms with Crippen LogP contribution in [0.4, 0.5) is 4.39 Å². The van der Waals surface area contributed by atoms with Gasteiger partial charge < -0.3 is 5.11 Å². The van der Waals surface area contributed by atoms with Crippen LogP contribution in [0.5, 0.6) is 0 Å². The van der Waals surface area contributed by atoms with Gasteiger partial charge in [0, 0.05) is 21.9 Å². The van der Waals surface area contributed by atoms with Gasteiger partial charge in [-0.3, -0.25) is 0 Å². The first-order valence-corrected chi connectivity index (χ1v) is 8.73. The first kappa shape index (κ1) is 15.3. The number of hydrogen-bond acceptors (Lipinski definition) is 2. The summed E-state index contributed by atoms with van der Waals surface area (Å²) in [5.41, 5.74) is 0.597. The molecular weight excluding hydrogens is 327 g/mol. The lowest BCUT2D eigenvalue weighted by Crippen LogP contribution is -2.18. The topological polar surface area (TPSA) is 20.2 Å². The summed E-state index contributed by atoms with van der Waals surface area (Å²) in [6.07, 6.45) is 6.46. The van der Waals surface area contributed by atoms with Crippen LogP contribution in [0.3, 0.4) is 0 Å². The quantitative estimate of drug-likeness (QED) is 0.843. The molecule has 1 aliphatic carbocycles. The first-order valence-electron chi connectivity index (χ1n) is 6.89. The summed E-state index contributed by atoms with van der Waals surface area (Å²) in [4.78, 5) is 0. The van der Waals surface area contributed by atoms with Crippen LogP contribution in [-0.4, -0.2) is 22.2 Å². The van der Waals surface area contributed by atoms with Gasteiger partial charge in [-0.05, 0) is 30.5 Å². The van der Waals surface area contributed by atoms with Crippen LogP contribution in [0.1, 0.15) is 37.7 Å². The van der Waals surface area contributed by atoms with Crippen molar-refractivity contribution in [1.29, 1.82) is 0 Å². The Labute approximate surface area is 127 Å². The molecule has 0 aliphatic heterocycles. The zero-order chi connectivity index (χ0) is 13.7. The van der Waals surface area contributed by atoms with E-state index in [9.17, 15) is 9.50 Å². The molecule has 1 saturated carbocycles. The Balaban J connectivity index is 1.78. The van der Waals surface area contributed by atoms with Gasteiger partial charge >= 0.3 is 0 Å². The van der Waals surface area contributed by atoms with Gasteiger partial charge in [0.15, 0.2) is 0 Å². The molecule has 1 N–H and O–H groups in total. The lowest BCUT2D eigenvalue weighted by Gasteiger charge is -2.22. The van der Waals surface area contributed by atoms with E-state index in [0.29, 0.717) is 23.0 Å². The highest BCUT2D eigenvalue weighted by molar-refractivity contribution is 9.10. The second-order valence-corrected chi connectivity index (χ2v) is 7.44. The van der Waals surface area contributed by atoms with Crippen molar-refractivity contribution in [2.45, 2.75) is 49.9 Å². The molecule has 2 rings (SSSR count). The average molecular weight is 347 g/mol. The van der Waals surface area contributed by atoms with Crippen LogP contribution < -0.4 is 0 Å². The number of aliphatic hydroxyl groups is 1. The van der Waals surface area contributed by atoms with Gasteiger partial charge in [-0.2, -0.15) is 11.8 Å². The number of aliphatic hydroxyl groups excluding tert-OH is 1. The monoisotopic (exact) mass is 346 g/mol. The second-order valence-electron chi connectivity index (χ2n) is 5.19. The standard InChI is InChI=1S/C15H20BrFOS/c16-12-7-6-11(15(17)9-12)8-13(18)10-19-14-4-2-1-3-5-14/h6-7,9,13-14,18H,1-5,8,10H2. The molecule has 0 heterocycles. The third-order valence-corrected chi connectivity index (χ3v) is 5.56. The molecule has 0 aromatic heterocycles. The van der Waals surface area contributed by atoms with Crippen molar-refractivity contribution in [2.75, 3.05) is 5.75 Å². The fourth-order valence-electron chi connectivity index (χ4n) is 2.48. The molecule has 4 heteroatoms. The van der Waals surface area contributed by atoms with E-state index >= 15 is 0 Å². The van der Waals surface area contributed by atoms with Crippen LogP contribution in [0.15, 0.2) is 22.7 Å². The smallest absolute Gasteiger partial charge is 0.127 e. The van der Waals surface area contributed by atoms with E-state index in [2.05, 4.69) is 15.9 Å². The summed E-state index contributed by atoms with van der Waals surface area (Å²) in [7, 11) is 0. The second kappa shape index (κ2) is 7.65. The van der Waals surface area contributed by atoms with E-state index in [4.69, 9.17) is 0 Å². The molecule has 1 aromatic rings. The Bertz CT molecular complexity index is 407. The zero-order valence-electron chi connectivity index (χ0n) is 10.9. The molecule has 1 fully saturated rings. The molecule has 0 radical (unpaired) electrons. The minimum atomic E-state index is -0.456. The van der Waals surface area contributed by atoms with Crippen LogP contribution in [0.2, 0.25) is 0 Å². The molecule has 0 spiro atoms. The highest BCUT2D eigenvalue weighted by Crippen LogP contribution is 2.29. The lowest BCUT2D eigenvalue weighted by molar-refractivity contribution is 0.198. The fraction of sp³-hybridized carbons (Fsp3) is 0.600. The van der Waals surface area contributed by atoms with E-state index < -0.39 is 6.10 Å². The molecule has 19 heavy (non-hydrogen) atoms. The highest BCUT2D eigenvalue weighted by atomic mass is 79.9. The summed E-state index contributed by atoms with van der Waals surface area (Å²) in [6, 6.07) is 5.02. The molecule has 0 amide bonds. The van der Waals surface area contributed by atoms with Crippen molar-refractivity contribution in [3.63, 3.8) is 0 Å². The van der Waals surface area contributed by atoms with Gasteiger partial charge in [0.05, 0.1) is 6.10 Å². The number of benzene rings is 1. The third-order valence-electron chi connectivity index (χ3n) is 3.55. The van der Waals surface area contributed by atoms with Crippen molar-refractivity contribution < 1.29 is 9.50 Å². The van der Waals surface area contributed by atoms with Crippen LogP contribution >= 0.6 is 27.7 Å². The lowest BCUT2D eigenvalue weighted by atomic mass is 10.0. The van der Waals surface area contributed by atoms with Gasteiger partial charge in [0.1, 0.15) is 5.82 Å². The summed E-state index contributed by atoms with van der Waals surface area (Å²) in [5, 5.41) is 10.7. The maximum atomic E-state index is 13.7. The van der Waals surface area contributed by atoms with Crippen LogP contribution in [0.25, 0.3) is 0 Å². The molecule has 1 aliphatic rings. The van der Waals surface area contributed by atoms with Crippen molar-refractivity contribution in [3.8, 4) is 0 Å². The predicted octanol–water partition coefficient (Wildman–Crippen LogP) is 4.56. The Morgan fingerprint density at radius 3 is 2.74 bits per heavy atom. The molecule has 106 valence electrons. The highest BCUT2D eigenvalue weighted by Gasteiger charge is 2.16. The normalized spacial score (nSPS) is 18.5. The van der Waals surface area contributed by atoms with Crippen molar-refractivity contribution >= 4 is 27.7 Å². The maximum absolute atomic E-state index is 13.7. The SMILES string of the molecule is OC(CSC1CCCCC1)Cc1ccc(Br)cc1F. The predicted molar refractivity (Wildman–Crippen MR) is 83.1 cm³/mol. The zero-order valence-corrected chi connectivity index (χ0v) is 13.4. The van der Waals surface area contributed by atoms with Gasteiger partial charge in [-0.1, -0.05) is 41.3 Å². The van der Waals surface area contributed by atoms with E-state index in [1.165, 1.54) is 38.2 Å². The minimum absolute atomic E-state index is 0.240. The van der Waals surface area contributed by atoms with Crippen molar-refractivity contribution in [2.24, 2.45) is 0 Å². The van der Waals surface area contributed by atoms with Gasteiger partial charge in [-0.15, -0.1) is 0 Å². The van der Waals surface area contributed by atoms with Crippen molar-refractivity contribution in [1.82, 2.24) is 0 Å². The van der Waals surface area contributed by atoms with Crippen molar-refractivity contribution in [3.05, 3.63) is 34.1 Å². The Hall–Kier alpha value is -0.0600. The summed E-state index contributed by atoms with van der Waals surface area (Å²) < 4.78 is 14.4. The number of thioether (sulfide) groups is 1. The Kier molecular flexibility index (Phi) is 6.17. The van der Waals surface area contributed by atoms with Gasteiger partial charge in [0.2, 0.25) is 0 Å². The van der Waals surface area contributed by atoms with E-state index in [1.807, 2.05) is 17.8 Å². The largest absolute Gasteiger partial charge is 0.392 e. The first-order chi connectivity index (χ1) is 9.15. The molecule has 1 nitrogen and oxygen atoms in total. The molecular formula is C15H20BrFOS. The molecule has 0 saturated heterocycles. The maximum Gasteiger partial charge on any atom is 0.127 e. The summed E-state index contributed by atoms with van der Waals surface area (Å²) in [5.74, 6) is 0.469. The minimum Gasteiger partial charge on any atom is -0.392 e. The van der Waals surface area contributed by atoms with E-state index in [-0.39, 0.29) is 5.82 Å². The summed E-state index contributed by atoms with van der Waals surface area (Å²) in [6.45, 7) is 0. The van der Waals surface area contributed by atoms with Gasteiger partial charge in [-0.25, -0.2) is 4.39 Å². The molecule has 0 bridgehead atoms. The molecule has 1 unspecified atom stereocenters. The molecule has 1 atom stereocenters. The van der Waals surface area contributed by atoms with E-state index in [0.717, 1.165) is 4.47 Å². The van der Waals surface area contributed by atoms with E-state index in [1.54, 1.807) is 6.07 Å². The van der Waals surface area contributed by atoms with Crippen LogP contribution in [-0.2, 0) is 6.42 Å². The Morgan fingerprint density at radius 2 is 2.05 bits per heavy atom. The number of hydrogen-bond donors (Lipinski definition) is 1.